The maximum absolute atomic E-state index is 12.1. The first-order valence-electron chi connectivity index (χ1n) is 7.18. The van der Waals surface area contributed by atoms with E-state index in [1.54, 1.807) is 4.90 Å². The summed E-state index contributed by atoms with van der Waals surface area (Å²) in [5.41, 5.74) is 0.545. The Labute approximate surface area is 142 Å². The molecular formula is C15H17IN2O4. The first-order chi connectivity index (χ1) is 10.5. The lowest BCUT2D eigenvalue weighted by Crippen LogP contribution is -2.48. The molecular weight excluding hydrogens is 399 g/mol. The van der Waals surface area contributed by atoms with Crippen LogP contribution in [0.2, 0.25) is 0 Å². The van der Waals surface area contributed by atoms with Gasteiger partial charge in [-0.05, 0) is 40.3 Å². The summed E-state index contributed by atoms with van der Waals surface area (Å²) in [5.74, 6) is 0. The number of nitrogens with zero attached hydrogens (tertiary/aromatic N) is 2. The van der Waals surface area contributed by atoms with Gasteiger partial charge in [0.25, 0.3) is 0 Å². The fourth-order valence-corrected chi connectivity index (χ4v) is 3.35. The molecule has 2 fully saturated rings. The number of piperidine rings is 1. The molecule has 2 amide bonds. The minimum atomic E-state index is -0.907. The molecule has 1 N–H and O–H groups in total. The van der Waals surface area contributed by atoms with Gasteiger partial charge in [0.15, 0.2) is 0 Å². The molecule has 7 heteroatoms. The van der Waals surface area contributed by atoms with Gasteiger partial charge >= 0.3 is 12.2 Å². The van der Waals surface area contributed by atoms with Crippen molar-refractivity contribution >= 4 is 34.8 Å². The first kappa shape index (κ1) is 15.4. The van der Waals surface area contributed by atoms with Crippen LogP contribution < -0.4 is 0 Å². The Morgan fingerprint density at radius 1 is 1.27 bits per heavy atom. The molecule has 0 saturated carbocycles. The number of hydrogen-bond donors (Lipinski definition) is 1. The monoisotopic (exact) mass is 416 g/mol. The zero-order chi connectivity index (χ0) is 15.7. The summed E-state index contributed by atoms with van der Waals surface area (Å²) in [7, 11) is 0. The van der Waals surface area contributed by atoms with Gasteiger partial charge in [0, 0.05) is 36.0 Å². The lowest BCUT2D eigenvalue weighted by atomic mass is 9.91. The Kier molecular flexibility index (Phi) is 4.16. The van der Waals surface area contributed by atoms with Crippen molar-refractivity contribution in [3.63, 3.8) is 0 Å². The van der Waals surface area contributed by atoms with E-state index in [2.05, 4.69) is 22.6 Å². The van der Waals surface area contributed by atoms with Gasteiger partial charge in [-0.25, -0.2) is 9.59 Å². The number of carbonyl (C=O) groups is 2. The zero-order valence-corrected chi connectivity index (χ0v) is 14.2. The summed E-state index contributed by atoms with van der Waals surface area (Å²) in [6.45, 7) is 1.89. The van der Waals surface area contributed by atoms with Crippen LogP contribution >= 0.6 is 22.6 Å². The second-order valence-electron chi connectivity index (χ2n) is 5.80. The summed E-state index contributed by atoms with van der Waals surface area (Å²) in [6.07, 6.45) is -0.0834. The van der Waals surface area contributed by atoms with Gasteiger partial charge in [-0.2, -0.15) is 0 Å². The Hall–Kier alpha value is -1.51. The van der Waals surface area contributed by atoms with E-state index in [0.717, 1.165) is 9.13 Å². The molecule has 118 valence electrons. The van der Waals surface area contributed by atoms with Gasteiger partial charge in [-0.3, -0.25) is 4.90 Å². The molecule has 2 aliphatic heterocycles. The molecule has 0 unspecified atom stereocenters. The summed E-state index contributed by atoms with van der Waals surface area (Å²) >= 11 is 2.24. The van der Waals surface area contributed by atoms with Crippen molar-refractivity contribution in [2.45, 2.75) is 25.0 Å². The van der Waals surface area contributed by atoms with Crippen LogP contribution in [0.5, 0.6) is 0 Å². The van der Waals surface area contributed by atoms with Crippen molar-refractivity contribution < 1.29 is 19.4 Å². The molecule has 6 nitrogen and oxygen atoms in total. The Balaban J connectivity index is 1.63. The largest absolute Gasteiger partial charge is 0.465 e. The van der Waals surface area contributed by atoms with Gasteiger partial charge in [-0.15, -0.1) is 0 Å². The van der Waals surface area contributed by atoms with Crippen LogP contribution in [0.3, 0.4) is 0 Å². The van der Waals surface area contributed by atoms with Crippen molar-refractivity contribution in [1.82, 2.24) is 9.80 Å². The highest BCUT2D eigenvalue weighted by molar-refractivity contribution is 14.1. The third-order valence-corrected chi connectivity index (χ3v) is 4.99. The summed E-state index contributed by atoms with van der Waals surface area (Å²) in [4.78, 5) is 26.2. The third kappa shape index (κ3) is 3.13. The Bertz CT molecular complexity index is 582. The SMILES string of the molecule is O=C(O)N1CCC2(CC1)CN(Cc1ccc(I)cc1)C(=O)O2. The zero-order valence-electron chi connectivity index (χ0n) is 12.0. The molecule has 2 aliphatic rings. The number of carbonyl (C=O) groups excluding carboxylic acids is 1. The molecule has 1 spiro atoms. The van der Waals surface area contributed by atoms with E-state index < -0.39 is 11.7 Å². The summed E-state index contributed by atoms with van der Waals surface area (Å²) in [5, 5.41) is 9.00. The maximum Gasteiger partial charge on any atom is 0.410 e. The number of halogens is 1. The fraction of sp³-hybridized carbons (Fsp3) is 0.467. The third-order valence-electron chi connectivity index (χ3n) is 4.27. The lowest BCUT2D eigenvalue weighted by Gasteiger charge is -2.36. The fourth-order valence-electron chi connectivity index (χ4n) is 2.99. The van der Waals surface area contributed by atoms with Crippen molar-refractivity contribution in [1.29, 1.82) is 0 Å². The number of rotatable bonds is 2. The minimum Gasteiger partial charge on any atom is -0.465 e. The molecule has 2 saturated heterocycles. The highest BCUT2D eigenvalue weighted by Crippen LogP contribution is 2.34. The van der Waals surface area contributed by atoms with E-state index in [9.17, 15) is 9.59 Å². The van der Waals surface area contributed by atoms with Crippen LogP contribution in [0.25, 0.3) is 0 Å². The van der Waals surface area contributed by atoms with E-state index in [-0.39, 0.29) is 6.09 Å². The molecule has 0 atom stereocenters. The van der Waals surface area contributed by atoms with Gasteiger partial charge in [-0.1, -0.05) is 12.1 Å². The number of amides is 2. The van der Waals surface area contributed by atoms with Crippen LogP contribution in [0.15, 0.2) is 24.3 Å². The standard InChI is InChI=1S/C15H17IN2O4/c16-12-3-1-11(2-4-12)9-18-10-15(22-14(18)21)5-7-17(8-6-15)13(19)20/h1-4H,5-10H2,(H,19,20). The average Bonchev–Trinajstić information content (AvgIpc) is 2.77. The predicted octanol–water partition coefficient (Wildman–Crippen LogP) is 2.76. The van der Waals surface area contributed by atoms with Crippen molar-refractivity contribution in [3.8, 4) is 0 Å². The minimum absolute atomic E-state index is 0.303. The summed E-state index contributed by atoms with van der Waals surface area (Å²) < 4.78 is 6.75. The van der Waals surface area contributed by atoms with Crippen molar-refractivity contribution in [2.24, 2.45) is 0 Å². The highest BCUT2D eigenvalue weighted by atomic mass is 127. The van der Waals surface area contributed by atoms with Crippen LogP contribution in [0.1, 0.15) is 18.4 Å². The molecule has 0 bridgehead atoms. The Morgan fingerprint density at radius 2 is 1.91 bits per heavy atom. The molecule has 1 aromatic rings. The molecule has 0 radical (unpaired) electrons. The van der Waals surface area contributed by atoms with E-state index >= 15 is 0 Å². The van der Waals surface area contributed by atoms with E-state index in [0.29, 0.717) is 39.0 Å². The van der Waals surface area contributed by atoms with Crippen LogP contribution in [-0.4, -0.2) is 52.3 Å². The number of likely N-dealkylation sites (tertiary alicyclic amines) is 1. The van der Waals surface area contributed by atoms with Gasteiger partial charge in [0.1, 0.15) is 5.60 Å². The normalized spacial score (nSPS) is 20.3. The maximum atomic E-state index is 12.1. The van der Waals surface area contributed by atoms with E-state index in [4.69, 9.17) is 9.84 Å². The van der Waals surface area contributed by atoms with E-state index in [1.807, 2.05) is 24.3 Å². The topological polar surface area (TPSA) is 70.1 Å². The van der Waals surface area contributed by atoms with E-state index in [1.165, 1.54) is 4.90 Å². The summed E-state index contributed by atoms with van der Waals surface area (Å²) in [6, 6.07) is 8.04. The second-order valence-corrected chi connectivity index (χ2v) is 7.05. The number of carboxylic acid groups (broad SMARTS) is 1. The van der Waals surface area contributed by atoms with Crippen molar-refractivity contribution in [2.75, 3.05) is 19.6 Å². The average molecular weight is 416 g/mol. The predicted molar refractivity (Wildman–Crippen MR) is 87.6 cm³/mol. The van der Waals surface area contributed by atoms with Crippen molar-refractivity contribution in [3.05, 3.63) is 33.4 Å². The number of benzene rings is 1. The highest BCUT2D eigenvalue weighted by Gasteiger charge is 2.47. The van der Waals surface area contributed by atoms with Crippen LogP contribution in [0, 0.1) is 3.57 Å². The Morgan fingerprint density at radius 3 is 2.50 bits per heavy atom. The molecule has 1 aromatic carbocycles. The van der Waals surface area contributed by atoms with Crippen LogP contribution in [0.4, 0.5) is 9.59 Å². The van der Waals surface area contributed by atoms with Gasteiger partial charge in [0.2, 0.25) is 0 Å². The number of ether oxygens (including phenoxy) is 1. The molecule has 2 heterocycles. The molecule has 0 aromatic heterocycles. The second kappa shape index (κ2) is 5.94. The lowest BCUT2D eigenvalue weighted by molar-refractivity contribution is 0.00431. The first-order valence-corrected chi connectivity index (χ1v) is 8.26. The smallest absolute Gasteiger partial charge is 0.410 e. The molecule has 0 aliphatic carbocycles. The van der Waals surface area contributed by atoms with Gasteiger partial charge in [0.05, 0.1) is 6.54 Å². The quantitative estimate of drug-likeness (QED) is 0.753. The van der Waals surface area contributed by atoms with Gasteiger partial charge < -0.3 is 14.7 Å². The molecule has 22 heavy (non-hydrogen) atoms. The van der Waals surface area contributed by atoms with Crippen LogP contribution in [-0.2, 0) is 11.3 Å². The number of hydrogen-bond acceptors (Lipinski definition) is 3. The molecule has 3 rings (SSSR count).